The summed E-state index contributed by atoms with van der Waals surface area (Å²) in [7, 11) is 3.06. The molecule has 0 saturated heterocycles. The van der Waals surface area contributed by atoms with E-state index in [4.69, 9.17) is 9.47 Å². The van der Waals surface area contributed by atoms with E-state index in [1.807, 2.05) is 26.0 Å². The van der Waals surface area contributed by atoms with Crippen LogP contribution in [0.4, 0.5) is 11.4 Å². The van der Waals surface area contributed by atoms with Crippen LogP contribution in [0.15, 0.2) is 36.4 Å². The van der Waals surface area contributed by atoms with Crippen molar-refractivity contribution >= 4 is 23.2 Å². The third-order valence-corrected chi connectivity index (χ3v) is 4.34. The second kappa shape index (κ2) is 8.12. The van der Waals surface area contributed by atoms with Gasteiger partial charge >= 0.3 is 0 Å². The number of anilines is 2. The second-order valence-electron chi connectivity index (χ2n) is 6.94. The Morgan fingerprint density at radius 1 is 0.778 bits per heavy atom. The molecule has 2 aromatic carbocycles. The van der Waals surface area contributed by atoms with E-state index in [2.05, 4.69) is 10.6 Å². The molecule has 0 unspecified atom stereocenters. The summed E-state index contributed by atoms with van der Waals surface area (Å²) in [5.74, 6) is 0.196. The van der Waals surface area contributed by atoms with Crippen molar-refractivity contribution in [1.82, 2.24) is 0 Å². The van der Waals surface area contributed by atoms with E-state index in [-0.39, 0.29) is 0 Å². The molecule has 0 aliphatic rings. The highest BCUT2D eigenvalue weighted by Crippen LogP contribution is 2.30. The first-order valence-corrected chi connectivity index (χ1v) is 8.61. The van der Waals surface area contributed by atoms with E-state index in [9.17, 15) is 9.59 Å². The van der Waals surface area contributed by atoms with Gasteiger partial charge < -0.3 is 20.1 Å². The average Bonchev–Trinajstić information content (AvgIpc) is 2.62. The Morgan fingerprint density at radius 2 is 1.15 bits per heavy atom. The van der Waals surface area contributed by atoms with Gasteiger partial charge in [-0.25, -0.2) is 0 Å². The van der Waals surface area contributed by atoms with Crippen LogP contribution in [0.1, 0.15) is 25.0 Å². The lowest BCUT2D eigenvalue weighted by Crippen LogP contribution is -2.41. The summed E-state index contributed by atoms with van der Waals surface area (Å²) < 4.78 is 10.6. The minimum absolute atomic E-state index is 0.435. The van der Waals surface area contributed by atoms with Gasteiger partial charge in [0.1, 0.15) is 16.9 Å². The van der Waals surface area contributed by atoms with E-state index < -0.39 is 17.2 Å². The van der Waals surface area contributed by atoms with Crippen LogP contribution >= 0.6 is 0 Å². The fourth-order valence-corrected chi connectivity index (χ4v) is 2.50. The number of hydrogen-bond donors (Lipinski definition) is 2. The Labute approximate surface area is 159 Å². The molecule has 0 spiro atoms. The number of aryl methyl sites for hydroxylation is 2. The molecule has 0 aliphatic heterocycles. The van der Waals surface area contributed by atoms with E-state index >= 15 is 0 Å². The third kappa shape index (κ3) is 4.58. The zero-order chi connectivity index (χ0) is 20.2. The topological polar surface area (TPSA) is 76.7 Å². The summed E-state index contributed by atoms with van der Waals surface area (Å²) >= 11 is 0. The largest absolute Gasteiger partial charge is 0.495 e. The molecule has 0 aliphatic carbocycles. The van der Waals surface area contributed by atoms with Gasteiger partial charge in [0.15, 0.2) is 0 Å². The van der Waals surface area contributed by atoms with Crippen LogP contribution in [0.3, 0.4) is 0 Å². The summed E-state index contributed by atoms with van der Waals surface area (Å²) in [5.41, 5.74) is 1.67. The smallest absolute Gasteiger partial charge is 0.239 e. The summed E-state index contributed by atoms with van der Waals surface area (Å²) in [6.07, 6.45) is 0. The summed E-state index contributed by atoms with van der Waals surface area (Å²) in [5, 5.41) is 5.59. The zero-order valence-corrected chi connectivity index (χ0v) is 16.6. The number of methoxy groups -OCH3 is 2. The number of rotatable bonds is 6. The van der Waals surface area contributed by atoms with Crippen LogP contribution in [0, 0.1) is 19.3 Å². The molecule has 0 fully saturated rings. The SMILES string of the molecule is COc1ccc(C)cc1NC(=O)C(C)(C)C(=O)Nc1cc(C)ccc1OC. The van der Waals surface area contributed by atoms with Crippen molar-refractivity contribution in [1.29, 1.82) is 0 Å². The molecule has 0 aromatic heterocycles. The number of ether oxygens (including phenoxy) is 2. The molecular formula is C21H26N2O4. The number of nitrogens with one attached hydrogen (secondary N) is 2. The van der Waals surface area contributed by atoms with Gasteiger partial charge in [-0.2, -0.15) is 0 Å². The monoisotopic (exact) mass is 370 g/mol. The lowest BCUT2D eigenvalue weighted by Gasteiger charge is -2.24. The molecule has 2 N–H and O–H groups in total. The number of carbonyl (C=O) groups excluding carboxylic acids is 2. The van der Waals surface area contributed by atoms with Crippen LogP contribution < -0.4 is 20.1 Å². The molecule has 27 heavy (non-hydrogen) atoms. The van der Waals surface area contributed by atoms with Crippen LogP contribution in [0.5, 0.6) is 11.5 Å². The van der Waals surface area contributed by atoms with Crippen LogP contribution in [0.25, 0.3) is 0 Å². The maximum Gasteiger partial charge on any atom is 0.239 e. The van der Waals surface area contributed by atoms with Gasteiger partial charge in [-0.15, -0.1) is 0 Å². The highest BCUT2D eigenvalue weighted by atomic mass is 16.5. The first-order chi connectivity index (χ1) is 12.7. The van der Waals surface area contributed by atoms with Gasteiger partial charge in [-0.05, 0) is 63.1 Å². The molecule has 0 radical (unpaired) electrons. The molecular weight excluding hydrogens is 344 g/mol. The summed E-state index contributed by atoms with van der Waals surface area (Å²) in [6.45, 7) is 6.97. The van der Waals surface area contributed by atoms with Gasteiger partial charge in [-0.3, -0.25) is 9.59 Å². The van der Waals surface area contributed by atoms with Gasteiger partial charge in [0.05, 0.1) is 25.6 Å². The zero-order valence-electron chi connectivity index (χ0n) is 16.6. The molecule has 2 amide bonds. The predicted octanol–water partition coefficient (Wildman–Crippen LogP) is 3.92. The van der Waals surface area contributed by atoms with E-state index in [1.165, 1.54) is 14.2 Å². The Bertz CT molecular complexity index is 790. The molecule has 6 heteroatoms. The number of amides is 2. The first kappa shape index (κ1) is 20.3. The molecule has 2 aromatic rings. The van der Waals surface area contributed by atoms with E-state index in [0.717, 1.165) is 11.1 Å². The predicted molar refractivity (Wildman–Crippen MR) is 107 cm³/mol. The highest BCUT2D eigenvalue weighted by Gasteiger charge is 2.37. The minimum atomic E-state index is -1.32. The molecule has 0 atom stereocenters. The fraction of sp³-hybridized carbons (Fsp3) is 0.333. The van der Waals surface area contributed by atoms with Crippen LogP contribution in [0.2, 0.25) is 0 Å². The van der Waals surface area contributed by atoms with Gasteiger partial charge in [0, 0.05) is 0 Å². The Hall–Kier alpha value is -3.02. The Kier molecular flexibility index (Phi) is 6.10. The van der Waals surface area contributed by atoms with Crippen molar-refractivity contribution in [3.63, 3.8) is 0 Å². The van der Waals surface area contributed by atoms with Gasteiger partial charge in [0.2, 0.25) is 11.8 Å². The summed E-state index contributed by atoms with van der Waals surface area (Å²) in [6, 6.07) is 10.9. The normalized spacial score (nSPS) is 10.9. The number of carbonyl (C=O) groups is 2. The third-order valence-electron chi connectivity index (χ3n) is 4.34. The maximum absolute atomic E-state index is 12.8. The van der Waals surface area contributed by atoms with Crippen molar-refractivity contribution in [2.24, 2.45) is 5.41 Å². The van der Waals surface area contributed by atoms with Gasteiger partial charge in [0.25, 0.3) is 0 Å². The van der Waals surface area contributed by atoms with Crippen LogP contribution in [-0.4, -0.2) is 26.0 Å². The maximum atomic E-state index is 12.8. The fourth-order valence-electron chi connectivity index (χ4n) is 2.50. The molecule has 0 bridgehead atoms. The number of hydrogen-bond acceptors (Lipinski definition) is 4. The van der Waals surface area contributed by atoms with Crippen LogP contribution in [-0.2, 0) is 9.59 Å². The van der Waals surface area contributed by atoms with E-state index in [1.54, 1.807) is 38.1 Å². The quantitative estimate of drug-likeness (QED) is 0.756. The first-order valence-electron chi connectivity index (χ1n) is 8.61. The molecule has 0 saturated carbocycles. The highest BCUT2D eigenvalue weighted by molar-refractivity contribution is 6.14. The standard InChI is InChI=1S/C21H26N2O4/c1-13-7-9-17(26-5)15(11-13)22-19(24)21(3,4)20(25)23-16-12-14(2)8-10-18(16)27-6/h7-12H,1-6H3,(H,22,24)(H,23,25). The van der Waals surface area contributed by atoms with Gasteiger partial charge in [-0.1, -0.05) is 12.1 Å². The average molecular weight is 370 g/mol. The van der Waals surface area contributed by atoms with Crippen molar-refractivity contribution in [2.45, 2.75) is 27.7 Å². The lowest BCUT2D eigenvalue weighted by molar-refractivity contribution is -0.135. The molecule has 2 rings (SSSR count). The molecule has 6 nitrogen and oxygen atoms in total. The summed E-state index contributed by atoms with van der Waals surface area (Å²) in [4.78, 5) is 25.6. The van der Waals surface area contributed by atoms with E-state index in [0.29, 0.717) is 22.9 Å². The van der Waals surface area contributed by atoms with Crippen molar-refractivity contribution in [3.8, 4) is 11.5 Å². The van der Waals surface area contributed by atoms with Crippen molar-refractivity contribution in [2.75, 3.05) is 24.9 Å². The van der Waals surface area contributed by atoms with Crippen molar-refractivity contribution in [3.05, 3.63) is 47.5 Å². The molecule has 0 heterocycles. The Morgan fingerprint density at radius 3 is 1.48 bits per heavy atom. The second-order valence-corrected chi connectivity index (χ2v) is 6.94. The molecule has 144 valence electrons. The minimum Gasteiger partial charge on any atom is -0.495 e. The Balaban J connectivity index is 2.22. The van der Waals surface area contributed by atoms with Crippen molar-refractivity contribution < 1.29 is 19.1 Å². The number of benzene rings is 2. The lowest BCUT2D eigenvalue weighted by atomic mass is 9.90.